The van der Waals surface area contributed by atoms with E-state index in [2.05, 4.69) is 16.6 Å². The Balaban J connectivity index is 2.81. The molecule has 1 N–H and O–H groups in total. The van der Waals surface area contributed by atoms with Crippen molar-refractivity contribution in [1.82, 2.24) is 5.32 Å². The van der Waals surface area contributed by atoms with Crippen molar-refractivity contribution in [3.63, 3.8) is 0 Å². The summed E-state index contributed by atoms with van der Waals surface area (Å²) < 4.78 is 4.65. The molecule has 11 heavy (non-hydrogen) atoms. The van der Waals surface area contributed by atoms with Crippen LogP contribution < -0.4 is 5.32 Å². The zero-order valence-electron chi connectivity index (χ0n) is 6.68. The van der Waals surface area contributed by atoms with Crippen molar-refractivity contribution in [3.8, 4) is 0 Å². The molecule has 0 fully saturated rings. The van der Waals surface area contributed by atoms with Crippen molar-refractivity contribution in [1.29, 1.82) is 0 Å². The number of rotatable bonds is 1. The van der Waals surface area contributed by atoms with E-state index in [1.54, 1.807) is 0 Å². The van der Waals surface area contributed by atoms with Crippen LogP contribution in [0.4, 0.5) is 4.79 Å². The van der Waals surface area contributed by atoms with Gasteiger partial charge in [-0.2, -0.15) is 0 Å². The second-order valence-corrected chi connectivity index (χ2v) is 2.74. The minimum Gasteiger partial charge on any atom is -0.418 e. The van der Waals surface area contributed by atoms with Crippen LogP contribution in [0.2, 0.25) is 0 Å². The molecule has 0 aromatic heterocycles. The van der Waals surface area contributed by atoms with Gasteiger partial charge in [0, 0.05) is 11.3 Å². The number of cyclic esters (lactones) is 1. The minimum atomic E-state index is -0.459. The van der Waals surface area contributed by atoms with Gasteiger partial charge in [-0.05, 0) is 5.92 Å². The predicted molar refractivity (Wildman–Crippen MR) is 41.7 cm³/mol. The van der Waals surface area contributed by atoms with Gasteiger partial charge < -0.3 is 4.74 Å². The van der Waals surface area contributed by atoms with E-state index in [1.165, 1.54) is 6.26 Å². The number of amides is 1. The first-order valence-corrected chi connectivity index (χ1v) is 3.48. The highest BCUT2D eigenvalue weighted by Gasteiger charge is 2.16. The van der Waals surface area contributed by atoms with Crippen molar-refractivity contribution in [2.75, 3.05) is 0 Å². The first-order chi connectivity index (χ1) is 5.11. The first kappa shape index (κ1) is 7.85. The van der Waals surface area contributed by atoms with Crippen molar-refractivity contribution in [2.45, 2.75) is 13.8 Å². The number of hydrogen-bond donors (Lipinski definition) is 1. The highest BCUT2D eigenvalue weighted by molar-refractivity contribution is 5.73. The summed E-state index contributed by atoms with van der Waals surface area (Å²) in [6.07, 6.45) is 0.991. The minimum absolute atomic E-state index is 0.322. The molecule has 0 unspecified atom stereocenters. The van der Waals surface area contributed by atoms with Gasteiger partial charge in [0.05, 0.1) is 0 Å². The number of ether oxygens (including phenoxy) is 1. The van der Waals surface area contributed by atoms with Gasteiger partial charge in [0.15, 0.2) is 0 Å². The fourth-order valence-corrected chi connectivity index (χ4v) is 0.898. The number of hydrogen-bond acceptors (Lipinski definition) is 2. The summed E-state index contributed by atoms with van der Waals surface area (Å²) >= 11 is 0. The zero-order valence-corrected chi connectivity index (χ0v) is 6.68. The van der Waals surface area contributed by atoms with Gasteiger partial charge in [-0.25, -0.2) is 4.79 Å². The molecular weight excluding hydrogens is 142 g/mol. The molecule has 3 heteroatoms. The Morgan fingerprint density at radius 1 is 1.64 bits per heavy atom. The highest BCUT2D eigenvalue weighted by atomic mass is 16.5. The third kappa shape index (κ3) is 1.61. The van der Waals surface area contributed by atoms with Crippen LogP contribution in [-0.2, 0) is 4.74 Å². The Kier molecular flexibility index (Phi) is 1.98. The summed E-state index contributed by atoms with van der Waals surface area (Å²) in [7, 11) is 0. The molecule has 1 amide bonds. The van der Waals surface area contributed by atoms with Crippen molar-refractivity contribution in [2.24, 2.45) is 5.92 Å². The second kappa shape index (κ2) is 2.78. The van der Waals surface area contributed by atoms with E-state index < -0.39 is 6.09 Å². The monoisotopic (exact) mass is 153 g/mol. The van der Waals surface area contributed by atoms with Crippen molar-refractivity contribution >= 4 is 6.09 Å². The molecule has 60 valence electrons. The number of alkyl carbamates (subject to hydrolysis) is 1. The Labute approximate surface area is 65.7 Å². The molecule has 0 saturated heterocycles. The predicted octanol–water partition coefficient (Wildman–Crippen LogP) is 1.78. The third-order valence-electron chi connectivity index (χ3n) is 1.52. The standard InChI is InChI=1S/C8H11NO2/c1-5(2)7-4-11-8(10)9-6(7)3/h4-5H,3H2,1-2H3,(H,9,10). The van der Waals surface area contributed by atoms with Crippen LogP contribution in [0.15, 0.2) is 24.1 Å². The number of carbonyl (C=O) groups is 1. The lowest BCUT2D eigenvalue weighted by molar-refractivity contribution is 0.184. The van der Waals surface area contributed by atoms with E-state index >= 15 is 0 Å². The number of carbonyl (C=O) groups excluding carboxylic acids is 1. The van der Waals surface area contributed by atoms with Gasteiger partial charge in [-0.1, -0.05) is 20.4 Å². The molecule has 0 radical (unpaired) electrons. The van der Waals surface area contributed by atoms with Crippen molar-refractivity contribution in [3.05, 3.63) is 24.1 Å². The lowest BCUT2D eigenvalue weighted by atomic mass is 10.0. The Hall–Kier alpha value is -1.25. The first-order valence-electron chi connectivity index (χ1n) is 3.48. The average molecular weight is 153 g/mol. The summed E-state index contributed by atoms with van der Waals surface area (Å²) in [5.41, 5.74) is 1.57. The van der Waals surface area contributed by atoms with Crippen LogP contribution in [0, 0.1) is 5.92 Å². The molecule has 0 aromatic carbocycles. The van der Waals surface area contributed by atoms with E-state index in [-0.39, 0.29) is 0 Å². The summed E-state index contributed by atoms with van der Waals surface area (Å²) in [5.74, 6) is 0.322. The van der Waals surface area contributed by atoms with Crippen LogP contribution in [0.5, 0.6) is 0 Å². The van der Waals surface area contributed by atoms with E-state index in [1.807, 2.05) is 13.8 Å². The molecule has 1 rings (SSSR count). The Morgan fingerprint density at radius 3 is 2.73 bits per heavy atom. The van der Waals surface area contributed by atoms with Gasteiger partial charge in [0.1, 0.15) is 6.26 Å². The lowest BCUT2D eigenvalue weighted by Gasteiger charge is -2.18. The largest absolute Gasteiger partial charge is 0.418 e. The number of nitrogens with one attached hydrogen (secondary N) is 1. The topological polar surface area (TPSA) is 38.3 Å². The molecule has 0 spiro atoms. The lowest BCUT2D eigenvalue weighted by Crippen LogP contribution is -2.28. The third-order valence-corrected chi connectivity index (χ3v) is 1.52. The van der Waals surface area contributed by atoms with E-state index in [4.69, 9.17) is 0 Å². The Bertz CT molecular complexity index is 228. The Morgan fingerprint density at radius 2 is 2.27 bits per heavy atom. The van der Waals surface area contributed by atoms with E-state index in [0.717, 1.165) is 5.57 Å². The van der Waals surface area contributed by atoms with Crippen LogP contribution in [0.3, 0.4) is 0 Å². The summed E-state index contributed by atoms with van der Waals surface area (Å²) in [4.78, 5) is 10.6. The van der Waals surface area contributed by atoms with Crippen LogP contribution in [0.25, 0.3) is 0 Å². The summed E-state index contributed by atoms with van der Waals surface area (Å²) in [6.45, 7) is 7.71. The smallest absolute Gasteiger partial charge is 0.416 e. The van der Waals surface area contributed by atoms with Gasteiger partial charge in [-0.15, -0.1) is 0 Å². The van der Waals surface area contributed by atoms with Crippen LogP contribution >= 0.6 is 0 Å². The van der Waals surface area contributed by atoms with Crippen LogP contribution in [-0.4, -0.2) is 6.09 Å². The molecule has 0 bridgehead atoms. The molecule has 0 aromatic rings. The molecule has 0 saturated carbocycles. The molecule has 1 aliphatic rings. The number of allylic oxidation sites excluding steroid dienone is 1. The van der Waals surface area contributed by atoms with Crippen LogP contribution in [0.1, 0.15) is 13.8 Å². The fourth-order valence-electron chi connectivity index (χ4n) is 0.898. The highest BCUT2D eigenvalue weighted by Crippen LogP contribution is 2.18. The maximum Gasteiger partial charge on any atom is 0.416 e. The molecule has 3 nitrogen and oxygen atoms in total. The van der Waals surface area contributed by atoms with E-state index in [9.17, 15) is 4.79 Å². The quantitative estimate of drug-likeness (QED) is 0.623. The average Bonchev–Trinajstić information content (AvgIpc) is 1.85. The molecule has 0 aliphatic carbocycles. The molecule has 1 heterocycles. The summed E-state index contributed by atoms with van der Waals surface area (Å²) in [5, 5.41) is 2.49. The van der Waals surface area contributed by atoms with Gasteiger partial charge in [0.2, 0.25) is 0 Å². The maximum absolute atomic E-state index is 10.6. The molecule has 1 aliphatic heterocycles. The van der Waals surface area contributed by atoms with Gasteiger partial charge in [-0.3, -0.25) is 5.32 Å². The van der Waals surface area contributed by atoms with Crippen molar-refractivity contribution < 1.29 is 9.53 Å². The van der Waals surface area contributed by atoms with E-state index in [0.29, 0.717) is 11.6 Å². The normalized spacial score (nSPS) is 17.5. The maximum atomic E-state index is 10.6. The van der Waals surface area contributed by atoms with Gasteiger partial charge in [0.25, 0.3) is 0 Å². The summed E-state index contributed by atoms with van der Waals surface area (Å²) in [6, 6.07) is 0. The molecular formula is C8H11NO2. The van der Waals surface area contributed by atoms with Gasteiger partial charge >= 0.3 is 6.09 Å². The fraction of sp³-hybridized carbons (Fsp3) is 0.375. The SMILES string of the molecule is C=C1NC(=O)OC=C1C(C)C. The second-order valence-electron chi connectivity index (χ2n) is 2.74. The zero-order chi connectivity index (χ0) is 8.43. The molecule has 0 atom stereocenters.